The molecule has 0 radical (unpaired) electrons. The number of aryl methyl sites for hydroxylation is 2. The highest BCUT2D eigenvalue weighted by Gasteiger charge is 2.26. The summed E-state index contributed by atoms with van der Waals surface area (Å²) in [5.74, 6) is 0. The third kappa shape index (κ3) is 3.84. The Morgan fingerprint density at radius 1 is 1.09 bits per heavy atom. The maximum Gasteiger partial charge on any atom is 0.410 e. The molecule has 0 spiro atoms. The summed E-state index contributed by atoms with van der Waals surface area (Å²) >= 11 is 0. The topological polar surface area (TPSA) is 58.8 Å². The maximum absolute atomic E-state index is 12.1. The Morgan fingerprint density at radius 2 is 1.59 bits per heavy atom. The Hall–Kier alpha value is -1.91. The fraction of sp³-hybridized carbons (Fsp3) is 0.588. The number of rotatable bonds is 1. The highest BCUT2D eigenvalue weighted by molar-refractivity contribution is 5.69. The molecule has 1 aromatic carbocycles. The first kappa shape index (κ1) is 16.5. The van der Waals surface area contributed by atoms with Crippen LogP contribution in [-0.2, 0) is 4.74 Å². The van der Waals surface area contributed by atoms with Gasteiger partial charge in [-0.3, -0.25) is 0 Å². The summed E-state index contributed by atoms with van der Waals surface area (Å²) in [6.07, 6.45) is -0.225. The second-order valence-corrected chi connectivity index (χ2v) is 6.95. The molecule has 2 rings (SSSR count). The third-order valence-corrected chi connectivity index (χ3v) is 3.87. The number of carbonyl (C=O) groups excluding carboxylic acids is 1. The van der Waals surface area contributed by atoms with Gasteiger partial charge in [0.1, 0.15) is 5.60 Å². The minimum atomic E-state index is -0.445. The number of hydrogen-bond donors (Lipinski definition) is 1. The van der Waals surface area contributed by atoms with E-state index in [-0.39, 0.29) is 6.09 Å². The van der Waals surface area contributed by atoms with Crippen molar-refractivity contribution >= 4 is 17.5 Å². The van der Waals surface area contributed by atoms with Gasteiger partial charge < -0.3 is 20.3 Å². The molecule has 0 aliphatic carbocycles. The molecule has 22 heavy (non-hydrogen) atoms. The van der Waals surface area contributed by atoms with Crippen LogP contribution in [0.2, 0.25) is 0 Å². The van der Waals surface area contributed by atoms with E-state index in [2.05, 4.69) is 17.0 Å². The lowest BCUT2D eigenvalue weighted by molar-refractivity contribution is 0.0240. The average molecular weight is 305 g/mol. The minimum Gasteiger partial charge on any atom is -0.444 e. The highest BCUT2D eigenvalue weighted by atomic mass is 16.6. The molecular weight excluding hydrogens is 278 g/mol. The van der Waals surface area contributed by atoms with Gasteiger partial charge in [-0.05, 0) is 57.9 Å². The molecule has 0 saturated carbocycles. The number of piperazine rings is 1. The maximum atomic E-state index is 12.1. The molecule has 1 heterocycles. The Balaban J connectivity index is 1.99. The Kier molecular flexibility index (Phi) is 4.54. The van der Waals surface area contributed by atoms with E-state index in [1.165, 1.54) is 5.69 Å². The molecule has 1 aliphatic rings. The smallest absolute Gasteiger partial charge is 0.410 e. The van der Waals surface area contributed by atoms with Crippen molar-refractivity contribution < 1.29 is 9.53 Å². The Labute approximate surface area is 133 Å². The standard InChI is InChI=1S/C17H27N3O2/c1-12-10-14(11-13(2)15(12)18)19-6-8-20(9-7-19)16(21)22-17(3,4)5/h10-11H,6-9,18H2,1-5H3. The summed E-state index contributed by atoms with van der Waals surface area (Å²) in [5.41, 5.74) is 9.80. The van der Waals surface area contributed by atoms with Gasteiger partial charge >= 0.3 is 6.09 Å². The molecule has 0 bridgehead atoms. The zero-order chi connectivity index (χ0) is 16.5. The SMILES string of the molecule is Cc1cc(N2CCN(C(=O)OC(C)(C)C)CC2)cc(C)c1N. The second-order valence-electron chi connectivity index (χ2n) is 6.95. The van der Waals surface area contributed by atoms with Crippen LogP contribution in [0.5, 0.6) is 0 Å². The van der Waals surface area contributed by atoms with Gasteiger partial charge in [-0.2, -0.15) is 0 Å². The lowest BCUT2D eigenvalue weighted by Crippen LogP contribution is -2.50. The number of anilines is 2. The van der Waals surface area contributed by atoms with Gasteiger partial charge in [0, 0.05) is 37.6 Å². The van der Waals surface area contributed by atoms with Gasteiger partial charge in [0.25, 0.3) is 0 Å². The van der Waals surface area contributed by atoms with E-state index in [1.54, 1.807) is 4.90 Å². The number of hydrogen-bond acceptors (Lipinski definition) is 4. The van der Waals surface area contributed by atoms with Crippen LogP contribution in [0.4, 0.5) is 16.2 Å². The molecule has 122 valence electrons. The molecule has 1 aromatic rings. The van der Waals surface area contributed by atoms with E-state index in [4.69, 9.17) is 10.5 Å². The molecule has 2 N–H and O–H groups in total. The van der Waals surface area contributed by atoms with Crippen LogP contribution >= 0.6 is 0 Å². The predicted molar refractivity (Wildman–Crippen MR) is 90.3 cm³/mol. The highest BCUT2D eigenvalue weighted by Crippen LogP contribution is 2.25. The van der Waals surface area contributed by atoms with E-state index in [0.29, 0.717) is 13.1 Å². The predicted octanol–water partition coefficient (Wildman–Crippen LogP) is 2.94. The monoisotopic (exact) mass is 305 g/mol. The zero-order valence-corrected chi connectivity index (χ0v) is 14.3. The van der Waals surface area contributed by atoms with Crippen LogP contribution in [0.25, 0.3) is 0 Å². The normalized spacial score (nSPS) is 15.9. The van der Waals surface area contributed by atoms with Gasteiger partial charge in [-0.15, -0.1) is 0 Å². The van der Waals surface area contributed by atoms with Crippen molar-refractivity contribution in [1.29, 1.82) is 0 Å². The van der Waals surface area contributed by atoms with Crippen molar-refractivity contribution in [2.24, 2.45) is 0 Å². The van der Waals surface area contributed by atoms with Crippen LogP contribution in [-0.4, -0.2) is 42.8 Å². The summed E-state index contributed by atoms with van der Waals surface area (Å²) in [7, 11) is 0. The van der Waals surface area contributed by atoms with Crippen LogP contribution in [0, 0.1) is 13.8 Å². The first-order chi connectivity index (χ1) is 10.2. The molecule has 1 fully saturated rings. The van der Waals surface area contributed by atoms with E-state index in [0.717, 1.165) is 29.9 Å². The molecular formula is C17H27N3O2. The van der Waals surface area contributed by atoms with Crippen molar-refractivity contribution in [3.8, 4) is 0 Å². The second kappa shape index (κ2) is 6.07. The van der Waals surface area contributed by atoms with Crippen molar-refractivity contribution in [1.82, 2.24) is 4.90 Å². The number of carbonyl (C=O) groups is 1. The molecule has 5 heteroatoms. The van der Waals surface area contributed by atoms with Crippen LogP contribution < -0.4 is 10.6 Å². The summed E-state index contributed by atoms with van der Waals surface area (Å²) < 4.78 is 5.42. The molecule has 0 unspecified atom stereocenters. The van der Waals surface area contributed by atoms with E-state index < -0.39 is 5.60 Å². The molecule has 5 nitrogen and oxygen atoms in total. The first-order valence-electron chi connectivity index (χ1n) is 7.77. The number of nitrogen functional groups attached to an aromatic ring is 1. The van der Waals surface area contributed by atoms with Crippen molar-refractivity contribution in [3.63, 3.8) is 0 Å². The summed E-state index contributed by atoms with van der Waals surface area (Å²) in [6, 6.07) is 4.23. The van der Waals surface area contributed by atoms with Gasteiger partial charge in [-0.1, -0.05) is 0 Å². The third-order valence-electron chi connectivity index (χ3n) is 3.87. The summed E-state index contributed by atoms with van der Waals surface area (Å²) in [4.78, 5) is 16.1. The summed E-state index contributed by atoms with van der Waals surface area (Å²) in [6.45, 7) is 12.7. The largest absolute Gasteiger partial charge is 0.444 e. The first-order valence-corrected chi connectivity index (χ1v) is 7.77. The van der Waals surface area contributed by atoms with Gasteiger partial charge in [0.2, 0.25) is 0 Å². The average Bonchev–Trinajstić information content (AvgIpc) is 2.42. The van der Waals surface area contributed by atoms with E-state index >= 15 is 0 Å². The van der Waals surface area contributed by atoms with Gasteiger partial charge in [0.15, 0.2) is 0 Å². The van der Waals surface area contributed by atoms with Crippen molar-refractivity contribution in [3.05, 3.63) is 23.3 Å². The quantitative estimate of drug-likeness (QED) is 0.810. The van der Waals surface area contributed by atoms with Crippen LogP contribution in [0.3, 0.4) is 0 Å². The number of nitrogens with two attached hydrogens (primary N) is 1. The number of nitrogens with zero attached hydrogens (tertiary/aromatic N) is 2. The lowest BCUT2D eigenvalue weighted by Gasteiger charge is -2.37. The van der Waals surface area contributed by atoms with Crippen molar-refractivity contribution in [2.75, 3.05) is 36.8 Å². The molecule has 1 saturated heterocycles. The van der Waals surface area contributed by atoms with Gasteiger partial charge in [0.05, 0.1) is 0 Å². The van der Waals surface area contributed by atoms with Crippen LogP contribution in [0.15, 0.2) is 12.1 Å². The fourth-order valence-corrected chi connectivity index (χ4v) is 2.61. The lowest BCUT2D eigenvalue weighted by atomic mass is 10.1. The van der Waals surface area contributed by atoms with E-state index in [9.17, 15) is 4.79 Å². The molecule has 0 atom stereocenters. The van der Waals surface area contributed by atoms with E-state index in [1.807, 2.05) is 34.6 Å². The summed E-state index contributed by atoms with van der Waals surface area (Å²) in [5, 5.41) is 0. The van der Waals surface area contributed by atoms with Crippen LogP contribution in [0.1, 0.15) is 31.9 Å². The number of ether oxygens (including phenoxy) is 1. The number of benzene rings is 1. The molecule has 1 amide bonds. The molecule has 0 aromatic heterocycles. The zero-order valence-electron chi connectivity index (χ0n) is 14.3. The Bertz CT molecular complexity index is 533. The number of amides is 1. The van der Waals surface area contributed by atoms with Gasteiger partial charge in [-0.25, -0.2) is 4.79 Å². The van der Waals surface area contributed by atoms with Crippen molar-refractivity contribution in [2.45, 2.75) is 40.2 Å². The fourth-order valence-electron chi connectivity index (χ4n) is 2.61. The molecule has 1 aliphatic heterocycles. The Morgan fingerprint density at radius 3 is 2.05 bits per heavy atom. The minimum absolute atomic E-state index is 0.225.